The Morgan fingerprint density at radius 1 is 1.23 bits per heavy atom. The van der Waals surface area contributed by atoms with Crippen LogP contribution in [0.15, 0.2) is 30.3 Å². The Hall–Kier alpha value is -2.82. The highest BCUT2D eigenvalue weighted by molar-refractivity contribution is 5.89. The highest BCUT2D eigenvalue weighted by atomic mass is 19.4. The number of benzene rings is 1. The number of likely N-dealkylation sites (tertiary alicyclic amines) is 1. The van der Waals surface area contributed by atoms with Gasteiger partial charge in [0.25, 0.3) is 0 Å². The quantitative estimate of drug-likeness (QED) is 0.666. The molecule has 1 aromatic rings. The van der Waals surface area contributed by atoms with Gasteiger partial charge in [-0.1, -0.05) is 18.2 Å². The van der Waals surface area contributed by atoms with Crippen LogP contribution >= 0.6 is 0 Å². The van der Waals surface area contributed by atoms with Crippen LogP contribution in [0.4, 0.5) is 23.7 Å². The van der Waals surface area contributed by atoms with Gasteiger partial charge in [0.05, 0.1) is 12.1 Å². The second-order valence-corrected chi connectivity index (χ2v) is 8.10. The first-order chi connectivity index (χ1) is 14.6. The number of urea groups is 1. The summed E-state index contributed by atoms with van der Waals surface area (Å²) in [6.07, 6.45) is -1.62. The minimum Gasteiger partial charge on any atom is -0.475 e. The van der Waals surface area contributed by atoms with E-state index in [9.17, 15) is 22.8 Å². The molecule has 11 heteroatoms. The van der Waals surface area contributed by atoms with Crippen LogP contribution in [0.25, 0.3) is 0 Å². The number of alkyl halides is 3. The number of nitrogens with one attached hydrogen (secondary N) is 2. The van der Waals surface area contributed by atoms with Gasteiger partial charge in [-0.3, -0.25) is 9.69 Å². The SMILES string of the molecule is O=C(O)C(F)(F)F.O=C1CN(CC2CC2)C2(CCN(C(=O)Nc3ccccc3)C2)CN1. The number of carboxylic acids is 1. The molecule has 2 saturated heterocycles. The summed E-state index contributed by atoms with van der Waals surface area (Å²) in [5, 5.41) is 13.1. The molecule has 170 valence electrons. The number of anilines is 1. The first kappa shape index (κ1) is 22.9. The summed E-state index contributed by atoms with van der Waals surface area (Å²) in [5.41, 5.74) is 0.722. The fourth-order valence-electron chi connectivity index (χ4n) is 3.80. The summed E-state index contributed by atoms with van der Waals surface area (Å²) >= 11 is 0. The lowest BCUT2D eigenvalue weighted by Gasteiger charge is -2.44. The van der Waals surface area contributed by atoms with Gasteiger partial charge in [-0.2, -0.15) is 13.2 Å². The molecule has 1 unspecified atom stereocenters. The molecule has 1 aromatic carbocycles. The number of rotatable bonds is 3. The van der Waals surface area contributed by atoms with Gasteiger partial charge in [-0.15, -0.1) is 0 Å². The molecule has 3 amide bonds. The van der Waals surface area contributed by atoms with Crippen molar-refractivity contribution in [1.82, 2.24) is 15.1 Å². The third-order valence-electron chi connectivity index (χ3n) is 5.68. The number of carbonyl (C=O) groups is 3. The molecule has 1 spiro atoms. The Balaban J connectivity index is 0.000000339. The number of piperazine rings is 1. The fraction of sp³-hybridized carbons (Fsp3) is 0.550. The van der Waals surface area contributed by atoms with Crippen LogP contribution in [0.2, 0.25) is 0 Å². The van der Waals surface area contributed by atoms with Crippen molar-refractivity contribution in [2.24, 2.45) is 5.92 Å². The van der Waals surface area contributed by atoms with E-state index < -0.39 is 12.1 Å². The van der Waals surface area contributed by atoms with Crippen LogP contribution in [0.1, 0.15) is 19.3 Å². The van der Waals surface area contributed by atoms with Gasteiger partial charge in [-0.25, -0.2) is 9.59 Å². The van der Waals surface area contributed by atoms with E-state index in [1.54, 1.807) is 0 Å². The first-order valence-corrected chi connectivity index (χ1v) is 10.0. The molecule has 0 bridgehead atoms. The van der Waals surface area contributed by atoms with E-state index in [-0.39, 0.29) is 17.5 Å². The average Bonchev–Trinajstić information content (AvgIpc) is 3.42. The van der Waals surface area contributed by atoms with Crippen LogP contribution in [-0.2, 0) is 9.59 Å². The molecule has 1 aliphatic carbocycles. The van der Waals surface area contributed by atoms with Gasteiger partial charge in [0, 0.05) is 31.9 Å². The van der Waals surface area contributed by atoms with Crippen LogP contribution in [-0.4, -0.2) is 77.3 Å². The van der Waals surface area contributed by atoms with E-state index in [0.29, 0.717) is 19.6 Å². The van der Waals surface area contributed by atoms with E-state index in [1.807, 2.05) is 35.2 Å². The normalized spacial score (nSPS) is 23.7. The van der Waals surface area contributed by atoms with Gasteiger partial charge in [0.1, 0.15) is 0 Å². The number of carboxylic acid groups (broad SMARTS) is 1. The summed E-state index contributed by atoms with van der Waals surface area (Å²) in [7, 11) is 0. The standard InChI is InChI=1S/C18H24N4O2.C2HF3O2/c23-16-11-22(10-14-6-7-14)18(12-19-16)8-9-21(13-18)17(24)20-15-4-2-1-3-5-15;3-2(4,5)1(6)7/h1-5,14H,6-13H2,(H,19,23)(H,20,24);(H,6,7). The molecule has 1 saturated carbocycles. The topological polar surface area (TPSA) is 102 Å². The minimum atomic E-state index is -5.08. The summed E-state index contributed by atoms with van der Waals surface area (Å²) in [5.74, 6) is -1.92. The fourth-order valence-corrected chi connectivity index (χ4v) is 3.80. The lowest BCUT2D eigenvalue weighted by Crippen LogP contribution is -2.65. The van der Waals surface area contributed by atoms with E-state index in [2.05, 4.69) is 15.5 Å². The zero-order chi connectivity index (χ0) is 22.6. The Morgan fingerprint density at radius 3 is 2.45 bits per heavy atom. The third kappa shape index (κ3) is 6.09. The number of carbonyl (C=O) groups excluding carboxylic acids is 2. The minimum absolute atomic E-state index is 0.0543. The van der Waals surface area contributed by atoms with Crippen molar-refractivity contribution in [3.63, 3.8) is 0 Å². The lowest BCUT2D eigenvalue weighted by atomic mass is 9.93. The average molecular weight is 442 g/mol. The molecule has 3 aliphatic rings. The van der Waals surface area contributed by atoms with E-state index in [4.69, 9.17) is 9.90 Å². The van der Waals surface area contributed by atoms with Crippen molar-refractivity contribution < 1.29 is 32.7 Å². The van der Waals surface area contributed by atoms with Gasteiger partial charge in [0.15, 0.2) is 0 Å². The molecule has 3 N–H and O–H groups in total. The Morgan fingerprint density at radius 2 is 1.87 bits per heavy atom. The van der Waals surface area contributed by atoms with Gasteiger partial charge in [0.2, 0.25) is 5.91 Å². The zero-order valence-electron chi connectivity index (χ0n) is 16.8. The number of amides is 3. The maximum absolute atomic E-state index is 12.6. The highest BCUT2D eigenvalue weighted by Gasteiger charge is 2.48. The molecule has 3 fully saturated rings. The predicted octanol–water partition coefficient (Wildman–Crippen LogP) is 2.14. The van der Waals surface area contributed by atoms with E-state index in [1.165, 1.54) is 12.8 Å². The zero-order valence-corrected chi connectivity index (χ0v) is 16.8. The first-order valence-electron chi connectivity index (χ1n) is 10.0. The lowest BCUT2D eigenvalue weighted by molar-refractivity contribution is -0.192. The molecular formula is C20H25F3N4O4. The molecule has 4 rings (SSSR count). The molecule has 0 radical (unpaired) electrons. The van der Waals surface area contributed by atoms with Crippen molar-refractivity contribution in [2.45, 2.75) is 31.0 Å². The van der Waals surface area contributed by atoms with Crippen molar-refractivity contribution in [1.29, 1.82) is 0 Å². The molecule has 1 atom stereocenters. The number of para-hydroxylation sites is 1. The van der Waals surface area contributed by atoms with Crippen molar-refractivity contribution in [3.05, 3.63) is 30.3 Å². The summed E-state index contributed by atoms with van der Waals surface area (Å²) < 4.78 is 31.7. The van der Waals surface area contributed by atoms with E-state index in [0.717, 1.165) is 31.1 Å². The van der Waals surface area contributed by atoms with E-state index >= 15 is 0 Å². The largest absolute Gasteiger partial charge is 0.490 e. The Labute approximate surface area is 177 Å². The van der Waals surface area contributed by atoms with Crippen molar-refractivity contribution in [3.8, 4) is 0 Å². The second kappa shape index (κ2) is 9.13. The predicted molar refractivity (Wildman–Crippen MR) is 105 cm³/mol. The molecule has 2 heterocycles. The molecule has 0 aromatic heterocycles. The monoisotopic (exact) mass is 442 g/mol. The Bertz CT molecular complexity index is 816. The third-order valence-corrected chi connectivity index (χ3v) is 5.68. The molecule has 2 aliphatic heterocycles. The number of aliphatic carboxylic acids is 1. The Kier molecular flexibility index (Phi) is 6.73. The second-order valence-electron chi connectivity index (χ2n) is 8.10. The smallest absolute Gasteiger partial charge is 0.475 e. The number of nitrogens with zero attached hydrogens (tertiary/aromatic N) is 2. The number of hydrogen-bond acceptors (Lipinski definition) is 4. The van der Waals surface area contributed by atoms with Crippen molar-refractivity contribution in [2.75, 3.05) is 38.0 Å². The highest BCUT2D eigenvalue weighted by Crippen LogP contribution is 2.36. The molecular weight excluding hydrogens is 417 g/mol. The molecule has 8 nitrogen and oxygen atoms in total. The summed E-state index contributed by atoms with van der Waals surface area (Å²) in [6.45, 7) is 3.51. The summed E-state index contributed by atoms with van der Waals surface area (Å²) in [6, 6.07) is 9.49. The van der Waals surface area contributed by atoms with Crippen molar-refractivity contribution >= 4 is 23.6 Å². The summed E-state index contributed by atoms with van der Waals surface area (Å²) in [4.78, 5) is 37.5. The maximum atomic E-state index is 12.6. The maximum Gasteiger partial charge on any atom is 0.490 e. The molecule has 31 heavy (non-hydrogen) atoms. The number of hydrogen-bond donors (Lipinski definition) is 3. The van der Waals surface area contributed by atoms with Gasteiger partial charge in [-0.05, 0) is 37.3 Å². The van der Waals surface area contributed by atoms with Crippen LogP contribution in [0.5, 0.6) is 0 Å². The number of halogens is 3. The van der Waals surface area contributed by atoms with Gasteiger partial charge < -0.3 is 20.6 Å². The van der Waals surface area contributed by atoms with Gasteiger partial charge >= 0.3 is 18.2 Å². The van der Waals surface area contributed by atoms with Crippen LogP contribution in [0, 0.1) is 5.92 Å². The van der Waals surface area contributed by atoms with Crippen LogP contribution in [0.3, 0.4) is 0 Å². The van der Waals surface area contributed by atoms with Crippen LogP contribution < -0.4 is 10.6 Å².